The summed E-state index contributed by atoms with van der Waals surface area (Å²) in [5.41, 5.74) is 0. The van der Waals surface area contributed by atoms with Crippen LogP contribution in [0.25, 0.3) is 0 Å². The van der Waals surface area contributed by atoms with E-state index in [1.54, 1.807) is 0 Å². The van der Waals surface area contributed by atoms with Gasteiger partial charge in [-0.25, -0.2) is 0 Å². The first-order valence-corrected chi connectivity index (χ1v) is 9.88. The van der Waals surface area contributed by atoms with E-state index in [0.29, 0.717) is 47.8 Å². The number of ether oxygens (including phenoxy) is 2. The Labute approximate surface area is 143 Å². The van der Waals surface area contributed by atoms with Crippen molar-refractivity contribution in [2.24, 2.45) is 29.6 Å². The number of nitrogens with zero attached hydrogens (tertiary/aromatic N) is 1. The van der Waals surface area contributed by atoms with Gasteiger partial charge in [0.05, 0.1) is 25.9 Å². The zero-order valence-corrected chi connectivity index (χ0v) is 16.0. The Balaban J connectivity index is 1.99. The number of hydrogen-bond donors (Lipinski definition) is 0. The SMILES string of the molecule is CC(C)C1OCC2COCC2N(C2CC2)C(C(C)C)C1C(C)C. The summed E-state index contributed by atoms with van der Waals surface area (Å²) in [7, 11) is 0. The van der Waals surface area contributed by atoms with E-state index >= 15 is 0 Å². The minimum absolute atomic E-state index is 0.366. The smallest absolute Gasteiger partial charge is 0.0643 e. The molecular formula is C20H37NO2. The van der Waals surface area contributed by atoms with E-state index in [2.05, 4.69) is 46.4 Å². The Morgan fingerprint density at radius 1 is 0.826 bits per heavy atom. The zero-order chi connectivity index (χ0) is 16.7. The second-order valence-corrected chi connectivity index (χ2v) is 9.14. The molecule has 2 heterocycles. The topological polar surface area (TPSA) is 21.7 Å². The van der Waals surface area contributed by atoms with Crippen LogP contribution < -0.4 is 0 Å². The van der Waals surface area contributed by atoms with Gasteiger partial charge in [-0.3, -0.25) is 4.90 Å². The van der Waals surface area contributed by atoms with Crippen LogP contribution >= 0.6 is 0 Å². The van der Waals surface area contributed by atoms with E-state index in [1.165, 1.54) is 12.8 Å². The molecule has 2 saturated heterocycles. The van der Waals surface area contributed by atoms with Crippen molar-refractivity contribution in [1.82, 2.24) is 4.90 Å². The summed E-state index contributed by atoms with van der Waals surface area (Å²) < 4.78 is 12.5. The summed E-state index contributed by atoms with van der Waals surface area (Å²) >= 11 is 0. The molecule has 0 aromatic rings. The lowest BCUT2D eigenvalue weighted by atomic mass is 9.73. The molecule has 0 bridgehead atoms. The highest BCUT2D eigenvalue weighted by molar-refractivity contribution is 5.02. The molecule has 0 amide bonds. The van der Waals surface area contributed by atoms with Crippen molar-refractivity contribution in [3.05, 3.63) is 0 Å². The highest BCUT2D eigenvalue weighted by atomic mass is 16.5. The van der Waals surface area contributed by atoms with Crippen LogP contribution in [0.3, 0.4) is 0 Å². The van der Waals surface area contributed by atoms with Gasteiger partial charge in [0.15, 0.2) is 0 Å². The molecule has 0 aromatic carbocycles. The zero-order valence-electron chi connectivity index (χ0n) is 16.0. The Kier molecular flexibility index (Phi) is 5.40. The third kappa shape index (κ3) is 3.48. The van der Waals surface area contributed by atoms with Gasteiger partial charge in [0.25, 0.3) is 0 Å². The summed E-state index contributed by atoms with van der Waals surface area (Å²) in [4.78, 5) is 2.91. The Morgan fingerprint density at radius 2 is 1.52 bits per heavy atom. The van der Waals surface area contributed by atoms with E-state index < -0.39 is 0 Å². The molecule has 0 N–H and O–H groups in total. The Morgan fingerprint density at radius 3 is 2.04 bits per heavy atom. The number of fused-ring (bicyclic) bond motifs is 1. The van der Waals surface area contributed by atoms with Gasteiger partial charge >= 0.3 is 0 Å². The standard InChI is InChI=1S/C20H37NO2/c1-12(2)18-19(13(3)4)21(16-7-8-16)17-11-22-9-15(17)10-23-20(18)14(5)6/h12-20H,7-11H2,1-6H3. The molecule has 3 nitrogen and oxygen atoms in total. The maximum atomic E-state index is 6.55. The van der Waals surface area contributed by atoms with E-state index in [4.69, 9.17) is 9.47 Å². The molecule has 3 rings (SSSR count). The van der Waals surface area contributed by atoms with Crippen molar-refractivity contribution >= 4 is 0 Å². The van der Waals surface area contributed by atoms with Crippen molar-refractivity contribution < 1.29 is 9.47 Å². The second-order valence-electron chi connectivity index (χ2n) is 9.14. The summed E-state index contributed by atoms with van der Waals surface area (Å²) in [6.45, 7) is 17.0. The molecule has 5 unspecified atom stereocenters. The minimum atomic E-state index is 0.366. The Bertz CT molecular complexity index is 387. The van der Waals surface area contributed by atoms with Crippen LogP contribution in [-0.4, -0.2) is 49.0 Å². The van der Waals surface area contributed by atoms with E-state index in [9.17, 15) is 0 Å². The van der Waals surface area contributed by atoms with Gasteiger partial charge in [-0.1, -0.05) is 41.5 Å². The summed E-state index contributed by atoms with van der Waals surface area (Å²) in [5.74, 6) is 3.05. The average Bonchev–Trinajstić information content (AvgIpc) is 3.17. The second kappa shape index (κ2) is 7.01. The fraction of sp³-hybridized carbons (Fsp3) is 1.00. The van der Waals surface area contributed by atoms with Crippen molar-refractivity contribution in [3.8, 4) is 0 Å². The lowest BCUT2D eigenvalue weighted by molar-refractivity contribution is -0.120. The van der Waals surface area contributed by atoms with Gasteiger partial charge in [0.1, 0.15) is 0 Å². The molecular weight excluding hydrogens is 286 g/mol. The van der Waals surface area contributed by atoms with Crippen molar-refractivity contribution in [1.29, 1.82) is 0 Å². The fourth-order valence-electron chi connectivity index (χ4n) is 5.12. The molecule has 0 spiro atoms. The molecule has 134 valence electrons. The fourth-order valence-corrected chi connectivity index (χ4v) is 5.12. The third-order valence-electron chi connectivity index (χ3n) is 6.25. The first kappa shape index (κ1) is 17.7. The minimum Gasteiger partial charge on any atom is -0.379 e. The molecule has 0 radical (unpaired) electrons. The summed E-state index contributed by atoms with van der Waals surface area (Å²) in [6, 6.07) is 1.98. The van der Waals surface area contributed by atoms with E-state index in [-0.39, 0.29) is 0 Å². The molecule has 3 aliphatic rings. The molecule has 23 heavy (non-hydrogen) atoms. The third-order valence-corrected chi connectivity index (χ3v) is 6.25. The van der Waals surface area contributed by atoms with Gasteiger partial charge in [0.2, 0.25) is 0 Å². The van der Waals surface area contributed by atoms with Gasteiger partial charge in [-0.2, -0.15) is 0 Å². The van der Waals surface area contributed by atoms with Crippen LogP contribution in [0.1, 0.15) is 54.4 Å². The van der Waals surface area contributed by atoms with Crippen molar-refractivity contribution in [2.75, 3.05) is 19.8 Å². The summed E-state index contributed by atoms with van der Waals surface area (Å²) in [6.07, 6.45) is 3.12. The first-order valence-electron chi connectivity index (χ1n) is 9.88. The molecule has 1 saturated carbocycles. The van der Waals surface area contributed by atoms with Crippen LogP contribution in [0.2, 0.25) is 0 Å². The molecule has 0 aromatic heterocycles. The highest BCUT2D eigenvalue weighted by Crippen LogP contribution is 2.44. The predicted octanol–water partition coefficient (Wildman–Crippen LogP) is 3.82. The monoisotopic (exact) mass is 323 g/mol. The van der Waals surface area contributed by atoms with Crippen LogP contribution in [0.15, 0.2) is 0 Å². The molecule has 3 fully saturated rings. The molecule has 3 heteroatoms. The quantitative estimate of drug-likeness (QED) is 0.785. The predicted molar refractivity (Wildman–Crippen MR) is 94.5 cm³/mol. The van der Waals surface area contributed by atoms with E-state index in [1.807, 2.05) is 0 Å². The van der Waals surface area contributed by atoms with Crippen LogP contribution in [-0.2, 0) is 9.47 Å². The van der Waals surface area contributed by atoms with Crippen molar-refractivity contribution in [3.63, 3.8) is 0 Å². The van der Waals surface area contributed by atoms with Gasteiger partial charge in [-0.15, -0.1) is 0 Å². The van der Waals surface area contributed by atoms with Gasteiger partial charge in [0, 0.05) is 30.0 Å². The number of rotatable bonds is 4. The first-order chi connectivity index (χ1) is 10.9. The van der Waals surface area contributed by atoms with Gasteiger partial charge in [-0.05, 0) is 30.6 Å². The van der Waals surface area contributed by atoms with Gasteiger partial charge < -0.3 is 9.47 Å². The average molecular weight is 324 g/mol. The van der Waals surface area contributed by atoms with Crippen LogP contribution in [0, 0.1) is 29.6 Å². The molecule has 1 aliphatic carbocycles. The molecule has 2 aliphatic heterocycles. The lowest BCUT2D eigenvalue weighted by Crippen LogP contribution is -2.60. The summed E-state index contributed by atoms with van der Waals surface area (Å²) in [5, 5.41) is 0. The normalized spacial score (nSPS) is 39.8. The number of hydrogen-bond acceptors (Lipinski definition) is 3. The van der Waals surface area contributed by atoms with Crippen molar-refractivity contribution in [2.45, 2.75) is 78.6 Å². The lowest BCUT2D eigenvalue weighted by Gasteiger charge is -2.51. The largest absolute Gasteiger partial charge is 0.379 e. The van der Waals surface area contributed by atoms with E-state index in [0.717, 1.165) is 25.9 Å². The maximum Gasteiger partial charge on any atom is 0.0643 e. The Hall–Kier alpha value is -0.120. The maximum absolute atomic E-state index is 6.55. The highest BCUT2D eigenvalue weighted by Gasteiger charge is 2.50. The van der Waals surface area contributed by atoms with Crippen LogP contribution in [0.4, 0.5) is 0 Å². The van der Waals surface area contributed by atoms with Crippen LogP contribution in [0.5, 0.6) is 0 Å². The molecule has 5 atom stereocenters.